The van der Waals surface area contributed by atoms with Crippen molar-refractivity contribution in [2.24, 2.45) is 15.0 Å². The predicted molar refractivity (Wildman–Crippen MR) is 106 cm³/mol. The number of aliphatic imine (C=N–C) groups is 3. The molecule has 0 N–H and O–H groups in total. The third-order valence-corrected chi connectivity index (χ3v) is 3.34. The molecule has 0 aromatic heterocycles. The molecule has 0 atom stereocenters. The first-order valence-electron chi connectivity index (χ1n) is 7.86. The Kier molecular flexibility index (Phi) is 10.4. The summed E-state index contributed by atoms with van der Waals surface area (Å²) in [6, 6.07) is 4.23. The van der Waals surface area contributed by atoms with Crippen molar-refractivity contribution in [3.05, 3.63) is 40.6 Å². The number of carbonyl (C=O) groups excluding carboxylic acids is 1. The maximum atomic E-state index is 11.2. The minimum absolute atomic E-state index is 0.194. The Bertz CT molecular complexity index is 736. The van der Waals surface area contributed by atoms with Crippen LogP contribution in [-0.4, -0.2) is 30.8 Å². The third-order valence-electron chi connectivity index (χ3n) is 3.34. The molecule has 0 unspecified atom stereocenters. The monoisotopic (exact) mass is 437 g/mol. The number of hydrogen-bond donors (Lipinski definition) is 0. The summed E-state index contributed by atoms with van der Waals surface area (Å²) in [4.78, 5) is 23.8. The molecule has 1 heterocycles. The number of allylic oxidation sites excluding steroid dienone is 2. The molecule has 0 radical (unpaired) electrons. The molecule has 1 aliphatic rings. The zero-order valence-corrected chi connectivity index (χ0v) is 17.7. The van der Waals surface area contributed by atoms with E-state index in [1.807, 2.05) is 6.08 Å². The van der Waals surface area contributed by atoms with Gasteiger partial charge in [0, 0.05) is 6.42 Å². The molecular formula is C18H21Cl2FeN3O2. The molecule has 1 amide bonds. The second-order valence-electron chi connectivity index (χ2n) is 5.45. The van der Waals surface area contributed by atoms with Crippen LogP contribution in [0, 0.1) is 20.8 Å². The topological polar surface area (TPSA) is 63.4 Å². The van der Waals surface area contributed by atoms with Gasteiger partial charge in [0.25, 0.3) is 0 Å². The second-order valence-corrected chi connectivity index (χ2v) is 7.27. The Labute approximate surface area is 168 Å². The Morgan fingerprint density at radius 2 is 1.88 bits per heavy atom. The van der Waals surface area contributed by atoms with Gasteiger partial charge < -0.3 is 4.74 Å². The van der Waals surface area contributed by atoms with Gasteiger partial charge in [0.1, 0.15) is 0 Å². The fourth-order valence-electron chi connectivity index (χ4n) is 2.42. The first kappa shape index (κ1) is 22.6. The maximum absolute atomic E-state index is 11.2. The first-order chi connectivity index (χ1) is 12.4. The molecule has 0 aliphatic carbocycles. The van der Waals surface area contributed by atoms with Crippen molar-refractivity contribution in [2.75, 3.05) is 6.61 Å². The van der Waals surface area contributed by atoms with Crippen LogP contribution in [0.1, 0.15) is 30.0 Å². The van der Waals surface area contributed by atoms with Gasteiger partial charge in [0.05, 0.1) is 36.1 Å². The van der Waals surface area contributed by atoms with Crippen molar-refractivity contribution in [3.63, 3.8) is 0 Å². The molecule has 0 fully saturated rings. The fourth-order valence-corrected chi connectivity index (χ4v) is 2.42. The van der Waals surface area contributed by atoms with Crippen LogP contribution in [0.3, 0.4) is 0 Å². The summed E-state index contributed by atoms with van der Waals surface area (Å²) in [6.45, 7) is 8.24. The molecule has 1 aromatic rings. The van der Waals surface area contributed by atoms with Gasteiger partial charge in [-0.15, -0.1) is 0 Å². The van der Waals surface area contributed by atoms with E-state index in [0.29, 0.717) is 13.0 Å². The van der Waals surface area contributed by atoms with Crippen LogP contribution in [0.5, 0.6) is 0 Å². The molecule has 5 nitrogen and oxygen atoms in total. The van der Waals surface area contributed by atoms with Gasteiger partial charge in [-0.1, -0.05) is 23.8 Å². The van der Waals surface area contributed by atoms with Gasteiger partial charge >= 0.3 is 39.4 Å². The van der Waals surface area contributed by atoms with E-state index in [1.165, 1.54) is 11.8 Å². The van der Waals surface area contributed by atoms with Crippen LogP contribution in [0.4, 0.5) is 10.5 Å². The van der Waals surface area contributed by atoms with E-state index in [4.69, 9.17) is 24.9 Å². The quantitative estimate of drug-likeness (QED) is 0.451. The predicted octanol–water partition coefficient (Wildman–Crippen LogP) is 5.65. The Balaban J connectivity index is 0.00000105. The molecular weight excluding hydrogens is 417 g/mol. The number of aryl methyl sites for hydroxylation is 3. The number of hydrogen-bond acceptors (Lipinski definition) is 4. The van der Waals surface area contributed by atoms with Crippen molar-refractivity contribution >= 4 is 50.1 Å². The van der Waals surface area contributed by atoms with Gasteiger partial charge in [-0.05, 0) is 38.8 Å². The number of halogens is 2. The zero-order valence-electron chi connectivity index (χ0n) is 15.1. The van der Waals surface area contributed by atoms with E-state index in [2.05, 4.69) is 47.9 Å². The molecule has 0 saturated heterocycles. The van der Waals surface area contributed by atoms with Gasteiger partial charge in [-0.2, -0.15) is 4.99 Å². The van der Waals surface area contributed by atoms with Crippen molar-refractivity contribution in [1.29, 1.82) is 0 Å². The van der Waals surface area contributed by atoms with Gasteiger partial charge in [-0.3, -0.25) is 9.98 Å². The third kappa shape index (κ3) is 7.83. The number of nitrogens with zero attached hydrogens (tertiary/aromatic N) is 3. The molecule has 0 spiro atoms. The molecule has 2 rings (SSSR count). The van der Waals surface area contributed by atoms with Crippen LogP contribution in [0.2, 0.25) is 0 Å². The van der Waals surface area contributed by atoms with Crippen LogP contribution in [0.15, 0.2) is 38.9 Å². The minimum atomic E-state index is -0.594. The summed E-state index contributed by atoms with van der Waals surface area (Å²) in [5, 5.41) is 0. The Morgan fingerprint density at radius 3 is 2.46 bits per heavy atom. The number of amides is 1. The summed E-state index contributed by atoms with van der Waals surface area (Å²) in [5.74, 6) is 0. The Morgan fingerprint density at radius 1 is 1.27 bits per heavy atom. The van der Waals surface area contributed by atoms with E-state index in [9.17, 15) is 4.79 Å². The van der Waals surface area contributed by atoms with Crippen molar-refractivity contribution in [2.45, 2.75) is 34.1 Å². The van der Waals surface area contributed by atoms with Crippen molar-refractivity contribution in [1.82, 2.24) is 0 Å². The molecule has 26 heavy (non-hydrogen) atoms. The van der Waals surface area contributed by atoms with Crippen LogP contribution in [-0.2, 0) is 17.9 Å². The molecule has 1 aromatic carbocycles. The summed E-state index contributed by atoms with van der Waals surface area (Å²) in [6.07, 6.45) is 5.18. The number of rotatable bonds is 4. The number of benzene rings is 1. The average Bonchev–Trinajstić information content (AvgIpc) is 3.01. The fraction of sp³-hybridized carbons (Fsp3) is 0.333. The van der Waals surface area contributed by atoms with E-state index in [0.717, 1.165) is 28.2 Å². The average molecular weight is 438 g/mol. The molecule has 1 aliphatic heterocycles. The van der Waals surface area contributed by atoms with Gasteiger partial charge in [-0.25, -0.2) is 4.79 Å². The van der Waals surface area contributed by atoms with Crippen LogP contribution >= 0.6 is 20.2 Å². The second kappa shape index (κ2) is 12.0. The first-order valence-corrected chi connectivity index (χ1v) is 10.9. The summed E-state index contributed by atoms with van der Waals surface area (Å²) in [7, 11) is 9.53. The molecule has 8 heteroatoms. The van der Waals surface area contributed by atoms with E-state index >= 15 is 0 Å². The van der Waals surface area contributed by atoms with E-state index in [1.54, 1.807) is 13.1 Å². The van der Waals surface area contributed by atoms with Gasteiger partial charge in [0.15, 0.2) is 0 Å². The molecule has 0 saturated carbocycles. The van der Waals surface area contributed by atoms with E-state index < -0.39 is 6.09 Å². The zero-order chi connectivity index (χ0) is 19.5. The van der Waals surface area contributed by atoms with Crippen molar-refractivity contribution < 1.29 is 22.7 Å². The number of carbonyl (C=O) groups is 1. The molecule has 142 valence electrons. The summed E-state index contributed by atoms with van der Waals surface area (Å²) >= 11 is 0.194. The normalized spacial score (nSPS) is 13.6. The van der Waals surface area contributed by atoms with Crippen LogP contribution < -0.4 is 0 Å². The van der Waals surface area contributed by atoms with E-state index in [-0.39, 0.29) is 13.1 Å². The standard InChI is InChI=1S/C18H21N3O2.2ClH.Fe/c1-5-23-18(22)20-11-16-7-6-15(21-16)10-19-17-13(3)8-12(2)9-14(17)4;;;/h6,8-11H,5,7H2,1-4H3;2*1H;/q;;;+2/p-2/b19-10?,20-11+;;;. The SMILES string of the molecule is CCOC(=O)/N=C/C1=NC(C=Nc2c(C)cc(C)cc2C)=CC1.[Cl][Fe][Cl]. The van der Waals surface area contributed by atoms with Crippen LogP contribution in [0.25, 0.3) is 0 Å². The van der Waals surface area contributed by atoms with Crippen molar-refractivity contribution in [3.8, 4) is 0 Å². The Hall–Kier alpha value is -1.46. The van der Waals surface area contributed by atoms with Gasteiger partial charge in [0.2, 0.25) is 0 Å². The number of ether oxygens (including phenoxy) is 1. The summed E-state index contributed by atoms with van der Waals surface area (Å²) < 4.78 is 4.73. The molecule has 0 bridgehead atoms. The summed E-state index contributed by atoms with van der Waals surface area (Å²) in [5.41, 5.74) is 5.98.